The van der Waals surface area contributed by atoms with Crippen LogP contribution >= 0.6 is 0 Å². The lowest BCUT2D eigenvalue weighted by Crippen LogP contribution is -2.11. The van der Waals surface area contributed by atoms with Crippen molar-refractivity contribution in [3.63, 3.8) is 0 Å². The van der Waals surface area contributed by atoms with Crippen LogP contribution in [0.3, 0.4) is 0 Å². The zero-order valence-electron chi connectivity index (χ0n) is 11.9. The van der Waals surface area contributed by atoms with Crippen LogP contribution in [0, 0.1) is 0 Å². The number of nitrogens with one attached hydrogen (secondary N) is 1. The summed E-state index contributed by atoms with van der Waals surface area (Å²) in [5.41, 5.74) is 4.44. The second kappa shape index (κ2) is 6.86. The van der Waals surface area contributed by atoms with Gasteiger partial charge >= 0.3 is 0 Å². The molecule has 1 heterocycles. The van der Waals surface area contributed by atoms with Crippen molar-refractivity contribution in [1.29, 1.82) is 0 Å². The molecule has 2 rings (SSSR count). The van der Waals surface area contributed by atoms with Gasteiger partial charge in [-0.2, -0.15) is 0 Å². The summed E-state index contributed by atoms with van der Waals surface area (Å²) < 4.78 is 5.63. The van der Waals surface area contributed by atoms with Gasteiger partial charge in [0.15, 0.2) is 5.82 Å². The van der Waals surface area contributed by atoms with Crippen LogP contribution in [0.15, 0.2) is 30.3 Å². The van der Waals surface area contributed by atoms with Crippen LogP contribution in [0.2, 0.25) is 0 Å². The highest BCUT2D eigenvalue weighted by Crippen LogP contribution is 2.28. The molecule has 0 aliphatic heterocycles. The summed E-state index contributed by atoms with van der Waals surface area (Å²) in [5, 5.41) is 0. The van der Waals surface area contributed by atoms with Crippen molar-refractivity contribution < 1.29 is 4.74 Å². The Hall–Kier alpha value is -2.14. The first-order valence-corrected chi connectivity index (χ1v) is 6.85. The second-order valence-electron chi connectivity index (χ2n) is 4.39. The Morgan fingerprint density at radius 3 is 2.70 bits per heavy atom. The lowest BCUT2D eigenvalue weighted by molar-refractivity contribution is 0.341. The van der Waals surface area contributed by atoms with Crippen LogP contribution in [-0.4, -0.2) is 16.6 Å². The fourth-order valence-corrected chi connectivity index (χ4v) is 2.01. The van der Waals surface area contributed by atoms with Crippen molar-refractivity contribution >= 4 is 5.82 Å². The molecule has 0 aliphatic carbocycles. The number of para-hydroxylation sites is 1. The van der Waals surface area contributed by atoms with Gasteiger partial charge in [-0.05, 0) is 25.5 Å². The topological polar surface area (TPSA) is 73.1 Å². The van der Waals surface area contributed by atoms with Gasteiger partial charge in [-0.1, -0.05) is 25.5 Å². The van der Waals surface area contributed by atoms with Crippen LogP contribution in [0.4, 0.5) is 5.82 Å². The number of benzene rings is 1. The van der Waals surface area contributed by atoms with E-state index in [2.05, 4.69) is 22.3 Å². The van der Waals surface area contributed by atoms with Crippen LogP contribution in [0.1, 0.15) is 26.0 Å². The first kappa shape index (κ1) is 14.3. The van der Waals surface area contributed by atoms with Gasteiger partial charge in [0.2, 0.25) is 0 Å². The number of hydrogen-bond donors (Lipinski definition) is 2. The molecule has 5 nitrogen and oxygen atoms in total. The largest absolute Gasteiger partial charge is 0.493 e. The second-order valence-corrected chi connectivity index (χ2v) is 4.39. The Kier molecular flexibility index (Phi) is 4.90. The molecule has 3 N–H and O–H groups in total. The van der Waals surface area contributed by atoms with E-state index in [1.165, 1.54) is 0 Å². The number of aromatic nitrogens is 2. The number of hydrazine groups is 1. The van der Waals surface area contributed by atoms with Crippen LogP contribution in [0.25, 0.3) is 11.4 Å². The minimum atomic E-state index is 0.605. The van der Waals surface area contributed by atoms with E-state index in [1.54, 1.807) is 0 Å². The van der Waals surface area contributed by atoms with Crippen molar-refractivity contribution in [2.45, 2.75) is 26.7 Å². The van der Waals surface area contributed by atoms with Crippen molar-refractivity contribution in [3.05, 3.63) is 36.0 Å². The van der Waals surface area contributed by atoms with Gasteiger partial charge in [0.25, 0.3) is 0 Å². The molecule has 1 aromatic heterocycles. The van der Waals surface area contributed by atoms with Gasteiger partial charge < -0.3 is 10.2 Å². The molecular formula is C15H20N4O. The maximum absolute atomic E-state index is 5.63. The Morgan fingerprint density at radius 1 is 1.20 bits per heavy atom. The SMILES string of the molecule is CCCc1cc(NN)nc(-c2ccccc2OCC)n1. The third kappa shape index (κ3) is 3.24. The molecular weight excluding hydrogens is 252 g/mol. The Bertz CT molecular complexity index is 572. The van der Waals surface area contributed by atoms with E-state index >= 15 is 0 Å². The number of nitrogens with two attached hydrogens (primary N) is 1. The van der Waals surface area contributed by atoms with Crippen LogP contribution < -0.4 is 16.0 Å². The fraction of sp³-hybridized carbons (Fsp3) is 0.333. The minimum Gasteiger partial charge on any atom is -0.493 e. The highest BCUT2D eigenvalue weighted by molar-refractivity contribution is 5.65. The molecule has 5 heteroatoms. The average molecular weight is 272 g/mol. The van der Waals surface area contributed by atoms with Gasteiger partial charge in [-0.15, -0.1) is 0 Å². The van der Waals surface area contributed by atoms with E-state index in [9.17, 15) is 0 Å². The fourth-order valence-electron chi connectivity index (χ4n) is 2.01. The van der Waals surface area contributed by atoms with E-state index in [0.29, 0.717) is 18.2 Å². The van der Waals surface area contributed by atoms with Crippen molar-refractivity contribution in [2.75, 3.05) is 12.0 Å². The van der Waals surface area contributed by atoms with Crippen LogP contribution in [0.5, 0.6) is 5.75 Å². The first-order valence-electron chi connectivity index (χ1n) is 6.85. The van der Waals surface area contributed by atoms with E-state index in [-0.39, 0.29) is 0 Å². The summed E-state index contributed by atoms with van der Waals surface area (Å²) in [6.45, 7) is 4.68. The normalized spacial score (nSPS) is 10.3. The smallest absolute Gasteiger partial charge is 0.165 e. The molecule has 0 saturated carbocycles. The lowest BCUT2D eigenvalue weighted by atomic mass is 10.1. The van der Waals surface area contributed by atoms with Gasteiger partial charge in [0.1, 0.15) is 11.6 Å². The number of nitrogens with zero attached hydrogens (tertiary/aromatic N) is 2. The highest BCUT2D eigenvalue weighted by atomic mass is 16.5. The number of anilines is 1. The maximum Gasteiger partial charge on any atom is 0.165 e. The van der Waals surface area contributed by atoms with Gasteiger partial charge in [-0.3, -0.25) is 0 Å². The Morgan fingerprint density at radius 2 is 2.00 bits per heavy atom. The van der Waals surface area contributed by atoms with Gasteiger partial charge in [0.05, 0.1) is 12.2 Å². The molecule has 0 amide bonds. The highest BCUT2D eigenvalue weighted by Gasteiger charge is 2.11. The zero-order valence-corrected chi connectivity index (χ0v) is 11.9. The van der Waals surface area contributed by atoms with E-state index in [1.807, 2.05) is 37.3 Å². The molecule has 0 fully saturated rings. The van der Waals surface area contributed by atoms with Gasteiger partial charge in [-0.25, -0.2) is 15.8 Å². The minimum absolute atomic E-state index is 0.605. The summed E-state index contributed by atoms with van der Waals surface area (Å²) in [6.07, 6.45) is 1.91. The van der Waals surface area contributed by atoms with Crippen molar-refractivity contribution in [2.24, 2.45) is 5.84 Å². The Balaban J connectivity index is 2.48. The summed E-state index contributed by atoms with van der Waals surface area (Å²) in [7, 11) is 0. The molecule has 0 bridgehead atoms. The molecule has 0 unspecified atom stereocenters. The number of hydrogen-bond acceptors (Lipinski definition) is 5. The Labute approximate surface area is 119 Å². The summed E-state index contributed by atoms with van der Waals surface area (Å²) in [5.74, 6) is 7.52. The molecule has 106 valence electrons. The van der Waals surface area contributed by atoms with Crippen molar-refractivity contribution in [1.82, 2.24) is 9.97 Å². The molecule has 20 heavy (non-hydrogen) atoms. The number of aryl methyl sites for hydroxylation is 1. The molecule has 0 aliphatic rings. The average Bonchev–Trinajstić information content (AvgIpc) is 2.48. The van der Waals surface area contributed by atoms with E-state index in [4.69, 9.17) is 10.6 Å². The molecule has 0 atom stereocenters. The lowest BCUT2D eigenvalue weighted by Gasteiger charge is -2.11. The van der Waals surface area contributed by atoms with E-state index < -0.39 is 0 Å². The number of ether oxygens (including phenoxy) is 1. The van der Waals surface area contributed by atoms with Crippen LogP contribution in [-0.2, 0) is 6.42 Å². The molecule has 1 aromatic carbocycles. The van der Waals surface area contributed by atoms with Gasteiger partial charge in [0, 0.05) is 11.8 Å². The molecule has 0 saturated heterocycles. The summed E-state index contributed by atoms with van der Waals surface area (Å²) in [4.78, 5) is 9.02. The molecule has 0 spiro atoms. The summed E-state index contributed by atoms with van der Waals surface area (Å²) in [6, 6.07) is 9.63. The maximum atomic E-state index is 5.63. The quantitative estimate of drug-likeness (QED) is 0.625. The predicted octanol–water partition coefficient (Wildman–Crippen LogP) is 2.78. The standard InChI is InChI=1S/C15H20N4O/c1-3-7-11-10-14(19-16)18-15(17-11)12-8-5-6-9-13(12)20-4-2/h5-6,8-10H,3-4,7,16H2,1-2H3,(H,17,18,19). The number of nitrogen functional groups attached to an aromatic ring is 1. The third-order valence-corrected chi connectivity index (χ3v) is 2.86. The first-order chi connectivity index (χ1) is 9.78. The molecule has 2 aromatic rings. The monoisotopic (exact) mass is 272 g/mol. The van der Waals surface area contributed by atoms with E-state index in [0.717, 1.165) is 29.8 Å². The number of rotatable bonds is 6. The van der Waals surface area contributed by atoms with Crippen molar-refractivity contribution in [3.8, 4) is 17.1 Å². The predicted molar refractivity (Wildman–Crippen MR) is 80.4 cm³/mol. The molecule has 0 radical (unpaired) electrons. The summed E-state index contributed by atoms with van der Waals surface area (Å²) >= 11 is 0. The third-order valence-electron chi connectivity index (χ3n) is 2.86. The zero-order chi connectivity index (χ0) is 14.4.